The summed E-state index contributed by atoms with van der Waals surface area (Å²) in [7, 11) is 0. The summed E-state index contributed by atoms with van der Waals surface area (Å²) in [6.07, 6.45) is 4.32. The van der Waals surface area contributed by atoms with E-state index in [0.717, 1.165) is 40.9 Å². The molecule has 0 unspecified atom stereocenters. The van der Waals surface area contributed by atoms with Gasteiger partial charge in [-0.3, -0.25) is 0 Å². The largest absolute Gasteiger partial charge is 0.314 e. The number of hydrogen-bond acceptors (Lipinski definition) is 1. The summed E-state index contributed by atoms with van der Waals surface area (Å²) >= 11 is 0. The lowest BCUT2D eigenvalue weighted by atomic mass is 9.80. The lowest BCUT2D eigenvalue weighted by Gasteiger charge is -2.33. The van der Waals surface area contributed by atoms with E-state index in [0.29, 0.717) is 0 Å². The average Bonchev–Trinajstić information content (AvgIpc) is 3.46. The molecule has 0 heterocycles. The van der Waals surface area contributed by atoms with Gasteiger partial charge in [-0.05, 0) is 128 Å². The lowest BCUT2D eigenvalue weighted by molar-refractivity contribution is 0.661. The predicted octanol–water partition coefficient (Wildman–Crippen LogP) is 13.9. The highest BCUT2D eigenvalue weighted by Crippen LogP contribution is 2.51. The number of allylic oxidation sites excluding steroid dienone is 1. The van der Waals surface area contributed by atoms with Gasteiger partial charge >= 0.3 is 0 Å². The number of para-hydroxylation sites is 1. The van der Waals surface area contributed by atoms with Crippen molar-refractivity contribution in [3.63, 3.8) is 0 Å². The molecule has 0 aromatic heterocycles. The van der Waals surface area contributed by atoms with Gasteiger partial charge in [-0.15, -0.1) is 0 Å². The topological polar surface area (TPSA) is 3.24 Å². The van der Waals surface area contributed by atoms with E-state index < -0.39 is 0 Å². The molecule has 0 fully saturated rings. The van der Waals surface area contributed by atoms with Gasteiger partial charge in [0.2, 0.25) is 0 Å². The summed E-state index contributed by atoms with van der Waals surface area (Å²) in [6, 6.07) is 68.6. The van der Waals surface area contributed by atoms with E-state index in [-0.39, 0.29) is 5.41 Å². The van der Waals surface area contributed by atoms with Crippen LogP contribution in [0, 0.1) is 12.1 Å². The van der Waals surface area contributed by atoms with Gasteiger partial charge in [0.15, 0.2) is 0 Å². The molecule has 1 nitrogen and oxygen atoms in total. The van der Waals surface area contributed by atoms with E-state index >= 15 is 0 Å². The highest BCUT2D eigenvalue weighted by molar-refractivity contribution is 5.98. The Bertz CT molecular complexity index is 2720. The molecule has 0 saturated heterocycles. The van der Waals surface area contributed by atoms with Crippen LogP contribution in [0.25, 0.3) is 61.4 Å². The van der Waals surface area contributed by atoms with Crippen molar-refractivity contribution in [3.05, 3.63) is 210 Å². The van der Waals surface area contributed by atoms with Gasteiger partial charge in [0, 0.05) is 27.9 Å². The molecule has 8 aromatic carbocycles. The predicted molar refractivity (Wildman–Crippen MR) is 227 cm³/mol. The Morgan fingerprint density at radius 3 is 2.02 bits per heavy atom. The van der Waals surface area contributed by atoms with Crippen LogP contribution in [0.3, 0.4) is 0 Å². The first-order valence-corrected chi connectivity index (χ1v) is 19.0. The number of hydrogen-bond donors (Lipinski definition) is 0. The standard InChI is InChI=1S/C53H39N/c1-53(2)50-23-13-11-21-46(50)49-34-40-26-25-39-33-42(31-32-44(39)48(40)35-51(49)53)54(41-29-27-37(28-30-41)36-15-5-3-6-16-36)52-24-14-12-22-47(52)45-20-10-9-19-43(45)38-17-7-4-8-18-38/h3-9,11-19,21-30,33-35H,31-32H2,1-2H3. The molecular formula is C53H39N. The Hall–Kier alpha value is -6.62. The molecule has 256 valence electrons. The second-order valence-corrected chi connectivity index (χ2v) is 15.1. The van der Waals surface area contributed by atoms with Crippen molar-refractivity contribution < 1.29 is 0 Å². The van der Waals surface area contributed by atoms with Crippen LogP contribution in [0.15, 0.2) is 176 Å². The number of aryl methyl sites for hydroxylation is 1. The molecule has 2 aliphatic rings. The number of benzene rings is 7. The summed E-state index contributed by atoms with van der Waals surface area (Å²) in [5, 5.41) is 2.70. The van der Waals surface area contributed by atoms with E-state index in [1.807, 2.05) is 6.07 Å². The molecule has 8 aromatic rings. The molecule has 0 amide bonds. The molecule has 0 radical (unpaired) electrons. The summed E-state index contributed by atoms with van der Waals surface area (Å²) in [5.74, 6) is 0. The van der Waals surface area contributed by atoms with E-state index in [4.69, 9.17) is 0 Å². The molecule has 0 N–H and O–H groups in total. The van der Waals surface area contributed by atoms with Gasteiger partial charge < -0.3 is 4.90 Å². The van der Waals surface area contributed by atoms with E-state index in [1.165, 1.54) is 66.5 Å². The van der Waals surface area contributed by atoms with Gasteiger partial charge in [0.1, 0.15) is 0 Å². The summed E-state index contributed by atoms with van der Waals surface area (Å²) < 4.78 is 0. The van der Waals surface area contributed by atoms with Crippen LogP contribution in [0.1, 0.15) is 42.5 Å². The Morgan fingerprint density at radius 2 is 1.22 bits per heavy atom. The smallest absolute Gasteiger partial charge is 0.0543 e. The molecule has 0 atom stereocenters. The molecular weight excluding hydrogens is 651 g/mol. The van der Waals surface area contributed by atoms with Crippen LogP contribution in [0.4, 0.5) is 11.4 Å². The second-order valence-electron chi connectivity index (χ2n) is 15.1. The SMILES string of the molecule is CC1(C)c2ccccc2-c2cc3ccc4c(c3cc21)CCC(N(c1ccc(-c2ccccc2)cc1)c1ccccc1-c1c#cccc1-c1ccccc1)=C4. The van der Waals surface area contributed by atoms with Gasteiger partial charge in [-0.1, -0.05) is 153 Å². The van der Waals surface area contributed by atoms with Gasteiger partial charge in [-0.25, -0.2) is 0 Å². The van der Waals surface area contributed by atoms with Gasteiger partial charge in [0.05, 0.1) is 5.69 Å². The summed E-state index contributed by atoms with van der Waals surface area (Å²) in [5.41, 5.74) is 18.8. The van der Waals surface area contributed by atoms with Crippen molar-refractivity contribution in [1.29, 1.82) is 0 Å². The maximum Gasteiger partial charge on any atom is 0.0543 e. The fraction of sp³-hybridized carbons (Fsp3) is 0.0943. The minimum Gasteiger partial charge on any atom is -0.314 e. The molecule has 2 aliphatic carbocycles. The van der Waals surface area contributed by atoms with Crippen LogP contribution in [-0.4, -0.2) is 0 Å². The maximum atomic E-state index is 3.53. The third kappa shape index (κ3) is 5.26. The fourth-order valence-electron chi connectivity index (χ4n) is 8.93. The third-order valence-corrected chi connectivity index (χ3v) is 11.6. The molecule has 0 bridgehead atoms. The van der Waals surface area contributed by atoms with E-state index in [2.05, 4.69) is 201 Å². The minimum atomic E-state index is -0.0323. The first-order valence-electron chi connectivity index (χ1n) is 19.0. The van der Waals surface area contributed by atoms with Crippen molar-refractivity contribution in [2.24, 2.45) is 0 Å². The summed E-state index contributed by atoms with van der Waals surface area (Å²) in [4.78, 5) is 2.48. The normalized spacial score (nSPS) is 13.7. The van der Waals surface area contributed by atoms with Crippen LogP contribution >= 0.6 is 0 Å². The molecule has 0 spiro atoms. The monoisotopic (exact) mass is 689 g/mol. The summed E-state index contributed by atoms with van der Waals surface area (Å²) in [6.45, 7) is 4.75. The minimum absolute atomic E-state index is 0.0323. The van der Waals surface area contributed by atoms with Crippen LogP contribution in [0.2, 0.25) is 0 Å². The zero-order valence-electron chi connectivity index (χ0n) is 30.6. The van der Waals surface area contributed by atoms with Crippen molar-refractivity contribution in [3.8, 4) is 44.5 Å². The van der Waals surface area contributed by atoms with Crippen LogP contribution in [0.5, 0.6) is 0 Å². The number of nitrogens with zero attached hydrogens (tertiary/aromatic N) is 1. The molecule has 54 heavy (non-hydrogen) atoms. The number of fused-ring (bicyclic) bond motifs is 6. The first kappa shape index (κ1) is 32.1. The van der Waals surface area contributed by atoms with Gasteiger partial charge in [0.25, 0.3) is 0 Å². The van der Waals surface area contributed by atoms with Crippen LogP contribution in [-0.2, 0) is 11.8 Å². The van der Waals surface area contributed by atoms with Crippen molar-refractivity contribution in [1.82, 2.24) is 0 Å². The van der Waals surface area contributed by atoms with Crippen LogP contribution < -0.4 is 4.90 Å². The quantitative estimate of drug-likeness (QED) is 0.168. The highest BCUT2D eigenvalue weighted by Gasteiger charge is 2.36. The van der Waals surface area contributed by atoms with E-state index in [1.54, 1.807) is 0 Å². The molecule has 0 saturated carbocycles. The van der Waals surface area contributed by atoms with Crippen molar-refractivity contribution in [2.45, 2.75) is 32.1 Å². The molecule has 0 aliphatic heterocycles. The van der Waals surface area contributed by atoms with Crippen molar-refractivity contribution in [2.75, 3.05) is 4.90 Å². The zero-order valence-corrected chi connectivity index (χ0v) is 30.6. The van der Waals surface area contributed by atoms with Crippen molar-refractivity contribution >= 4 is 28.2 Å². The fourth-order valence-corrected chi connectivity index (χ4v) is 8.93. The number of rotatable bonds is 6. The first-order chi connectivity index (χ1) is 26.5. The molecule has 10 rings (SSSR count). The molecule has 1 heteroatoms. The Labute approximate surface area is 318 Å². The Kier molecular flexibility index (Phi) is 7.60. The Balaban J connectivity index is 1.13. The van der Waals surface area contributed by atoms with E-state index in [9.17, 15) is 0 Å². The second kappa shape index (κ2) is 12.8. The maximum absolute atomic E-state index is 3.53. The third-order valence-electron chi connectivity index (χ3n) is 11.6. The zero-order chi connectivity index (χ0) is 36.2. The van der Waals surface area contributed by atoms with Gasteiger partial charge in [-0.2, -0.15) is 0 Å². The number of anilines is 2. The Morgan fingerprint density at radius 1 is 0.537 bits per heavy atom. The lowest BCUT2D eigenvalue weighted by Crippen LogP contribution is -2.20. The average molecular weight is 690 g/mol. The highest BCUT2D eigenvalue weighted by atomic mass is 15.2.